The van der Waals surface area contributed by atoms with Gasteiger partial charge in [0.1, 0.15) is 11.9 Å². The first kappa shape index (κ1) is 14.1. The highest BCUT2D eigenvalue weighted by molar-refractivity contribution is 6.33. The predicted molar refractivity (Wildman–Crippen MR) is 72.3 cm³/mol. The standard InChI is InChI=1S/C13H16ClFN2O2/c1-9(13(18)19)16-4-6-17(7-5-16)12-3-2-10(15)8-11(12)14/h2-3,8-9H,4-7H2,1H3,(H,18,19). The van der Waals surface area contributed by atoms with E-state index >= 15 is 0 Å². The van der Waals surface area contributed by atoms with E-state index in [4.69, 9.17) is 16.7 Å². The first-order chi connectivity index (χ1) is 8.99. The van der Waals surface area contributed by atoms with Crippen LogP contribution in [-0.4, -0.2) is 48.2 Å². The Labute approximate surface area is 116 Å². The van der Waals surface area contributed by atoms with Gasteiger partial charge in [-0.1, -0.05) is 11.6 Å². The Morgan fingerprint density at radius 1 is 1.37 bits per heavy atom. The van der Waals surface area contributed by atoms with E-state index in [-0.39, 0.29) is 5.82 Å². The summed E-state index contributed by atoms with van der Waals surface area (Å²) in [5.41, 5.74) is 0.797. The van der Waals surface area contributed by atoms with Crippen LogP contribution in [0.15, 0.2) is 18.2 Å². The Morgan fingerprint density at radius 3 is 2.53 bits per heavy atom. The fraction of sp³-hybridized carbons (Fsp3) is 0.462. The van der Waals surface area contributed by atoms with Gasteiger partial charge in [-0.15, -0.1) is 0 Å². The van der Waals surface area contributed by atoms with E-state index in [9.17, 15) is 9.18 Å². The van der Waals surface area contributed by atoms with Crippen LogP contribution in [0.4, 0.5) is 10.1 Å². The number of carboxylic acid groups (broad SMARTS) is 1. The molecule has 0 saturated carbocycles. The smallest absolute Gasteiger partial charge is 0.320 e. The van der Waals surface area contributed by atoms with E-state index in [2.05, 4.69) is 0 Å². The maximum Gasteiger partial charge on any atom is 0.320 e. The molecule has 1 aromatic rings. The van der Waals surface area contributed by atoms with E-state index in [1.807, 2.05) is 9.80 Å². The number of anilines is 1. The zero-order valence-corrected chi connectivity index (χ0v) is 11.4. The Kier molecular flexibility index (Phi) is 4.27. The summed E-state index contributed by atoms with van der Waals surface area (Å²) in [6, 6.07) is 3.86. The maximum atomic E-state index is 13.0. The summed E-state index contributed by atoms with van der Waals surface area (Å²) >= 11 is 6.02. The summed E-state index contributed by atoms with van der Waals surface area (Å²) in [5, 5.41) is 9.36. The van der Waals surface area contributed by atoms with Crippen LogP contribution in [0, 0.1) is 5.82 Å². The highest BCUT2D eigenvalue weighted by atomic mass is 35.5. The van der Waals surface area contributed by atoms with Gasteiger partial charge in [0.25, 0.3) is 0 Å². The number of hydrogen-bond donors (Lipinski definition) is 1. The fourth-order valence-electron chi connectivity index (χ4n) is 2.24. The van der Waals surface area contributed by atoms with Gasteiger partial charge in [-0.05, 0) is 25.1 Å². The normalized spacial score (nSPS) is 18.4. The van der Waals surface area contributed by atoms with Gasteiger partial charge in [-0.3, -0.25) is 9.69 Å². The van der Waals surface area contributed by atoms with Crippen LogP contribution >= 0.6 is 11.6 Å². The summed E-state index contributed by atoms with van der Waals surface area (Å²) in [6.07, 6.45) is 0. The third-order valence-electron chi connectivity index (χ3n) is 3.47. The molecule has 1 fully saturated rings. The molecule has 1 aromatic carbocycles. The molecule has 1 saturated heterocycles. The summed E-state index contributed by atoms with van der Waals surface area (Å²) < 4.78 is 13.0. The number of aliphatic carboxylic acids is 1. The number of benzene rings is 1. The van der Waals surface area contributed by atoms with Crippen molar-refractivity contribution >= 4 is 23.3 Å². The lowest BCUT2D eigenvalue weighted by Crippen LogP contribution is -2.51. The minimum Gasteiger partial charge on any atom is -0.480 e. The molecule has 0 aromatic heterocycles. The third-order valence-corrected chi connectivity index (χ3v) is 3.77. The predicted octanol–water partition coefficient (Wildman–Crippen LogP) is 2.07. The monoisotopic (exact) mass is 286 g/mol. The molecule has 1 N–H and O–H groups in total. The topological polar surface area (TPSA) is 43.8 Å². The van der Waals surface area contributed by atoms with Gasteiger partial charge in [0, 0.05) is 26.2 Å². The average molecular weight is 287 g/mol. The zero-order chi connectivity index (χ0) is 14.0. The molecule has 0 amide bonds. The largest absolute Gasteiger partial charge is 0.480 e. The molecule has 0 spiro atoms. The second kappa shape index (κ2) is 5.75. The molecule has 1 atom stereocenters. The highest BCUT2D eigenvalue weighted by Gasteiger charge is 2.25. The lowest BCUT2D eigenvalue weighted by atomic mass is 10.2. The molecule has 1 aliphatic rings. The first-order valence-corrected chi connectivity index (χ1v) is 6.53. The molecule has 0 radical (unpaired) electrons. The van der Waals surface area contributed by atoms with Crippen molar-refractivity contribution in [2.45, 2.75) is 13.0 Å². The Balaban J connectivity index is 2.02. The van der Waals surface area contributed by atoms with Gasteiger partial charge in [0.2, 0.25) is 0 Å². The zero-order valence-electron chi connectivity index (χ0n) is 10.6. The van der Waals surface area contributed by atoms with Gasteiger partial charge in [0.15, 0.2) is 0 Å². The number of nitrogens with zero attached hydrogens (tertiary/aromatic N) is 2. The van der Waals surface area contributed by atoms with Crippen molar-refractivity contribution in [2.75, 3.05) is 31.1 Å². The molecule has 1 heterocycles. The second-order valence-electron chi connectivity index (χ2n) is 4.63. The fourth-order valence-corrected chi connectivity index (χ4v) is 2.53. The Hall–Kier alpha value is -1.33. The number of rotatable bonds is 3. The lowest BCUT2D eigenvalue weighted by Gasteiger charge is -2.38. The van der Waals surface area contributed by atoms with E-state index < -0.39 is 12.0 Å². The third kappa shape index (κ3) is 3.16. The number of carbonyl (C=O) groups is 1. The SMILES string of the molecule is CC(C(=O)O)N1CCN(c2ccc(F)cc2Cl)CC1. The van der Waals surface area contributed by atoms with Crippen LogP contribution in [0.5, 0.6) is 0 Å². The molecule has 1 aliphatic heterocycles. The van der Waals surface area contributed by atoms with E-state index in [0.29, 0.717) is 31.2 Å². The van der Waals surface area contributed by atoms with Crippen LogP contribution in [0.1, 0.15) is 6.92 Å². The summed E-state index contributed by atoms with van der Waals surface area (Å²) in [7, 11) is 0. The molecule has 0 aliphatic carbocycles. The quantitative estimate of drug-likeness (QED) is 0.924. The minimum absolute atomic E-state index is 0.355. The summed E-state index contributed by atoms with van der Waals surface area (Å²) in [4.78, 5) is 14.9. The van der Waals surface area contributed by atoms with E-state index in [0.717, 1.165) is 5.69 Å². The molecule has 104 valence electrons. The minimum atomic E-state index is -0.812. The summed E-state index contributed by atoms with van der Waals surface area (Å²) in [5.74, 6) is -1.17. The highest BCUT2D eigenvalue weighted by Crippen LogP contribution is 2.27. The molecule has 6 heteroatoms. The van der Waals surface area contributed by atoms with Gasteiger partial charge in [-0.25, -0.2) is 4.39 Å². The van der Waals surface area contributed by atoms with Crippen LogP contribution in [-0.2, 0) is 4.79 Å². The molecular formula is C13H16ClFN2O2. The first-order valence-electron chi connectivity index (χ1n) is 6.16. The van der Waals surface area contributed by atoms with Gasteiger partial charge < -0.3 is 10.0 Å². The van der Waals surface area contributed by atoms with Crippen molar-refractivity contribution in [3.8, 4) is 0 Å². The van der Waals surface area contributed by atoms with E-state index in [1.54, 1.807) is 13.0 Å². The molecule has 2 rings (SSSR count). The second-order valence-corrected chi connectivity index (χ2v) is 5.04. The lowest BCUT2D eigenvalue weighted by molar-refractivity contribution is -0.142. The number of halogens is 2. The van der Waals surface area contributed by atoms with Gasteiger partial charge >= 0.3 is 5.97 Å². The van der Waals surface area contributed by atoms with Crippen LogP contribution in [0.2, 0.25) is 5.02 Å². The maximum absolute atomic E-state index is 13.0. The Morgan fingerprint density at radius 2 is 2.00 bits per heavy atom. The molecular weight excluding hydrogens is 271 g/mol. The van der Waals surface area contributed by atoms with Crippen LogP contribution < -0.4 is 4.90 Å². The average Bonchev–Trinajstić information content (AvgIpc) is 2.38. The van der Waals surface area contributed by atoms with Crippen LogP contribution in [0.25, 0.3) is 0 Å². The summed E-state index contributed by atoms with van der Waals surface area (Å²) in [6.45, 7) is 4.36. The molecule has 19 heavy (non-hydrogen) atoms. The molecule has 0 bridgehead atoms. The Bertz CT molecular complexity index is 476. The van der Waals surface area contributed by atoms with Gasteiger partial charge in [-0.2, -0.15) is 0 Å². The van der Waals surface area contributed by atoms with Crippen molar-refractivity contribution in [2.24, 2.45) is 0 Å². The van der Waals surface area contributed by atoms with Crippen molar-refractivity contribution in [1.82, 2.24) is 4.90 Å². The number of carboxylic acids is 1. The van der Waals surface area contributed by atoms with Gasteiger partial charge in [0.05, 0.1) is 10.7 Å². The molecule has 4 nitrogen and oxygen atoms in total. The van der Waals surface area contributed by atoms with Crippen molar-refractivity contribution in [3.63, 3.8) is 0 Å². The van der Waals surface area contributed by atoms with E-state index in [1.165, 1.54) is 12.1 Å². The van der Waals surface area contributed by atoms with Crippen molar-refractivity contribution < 1.29 is 14.3 Å². The number of hydrogen-bond acceptors (Lipinski definition) is 3. The van der Waals surface area contributed by atoms with Crippen LogP contribution in [0.3, 0.4) is 0 Å². The molecule has 1 unspecified atom stereocenters. The van der Waals surface area contributed by atoms with Crippen molar-refractivity contribution in [1.29, 1.82) is 0 Å². The van der Waals surface area contributed by atoms with Crippen molar-refractivity contribution in [3.05, 3.63) is 29.0 Å². The number of piperazine rings is 1.